The number of anilines is 1. The van der Waals surface area contributed by atoms with Crippen molar-refractivity contribution in [2.75, 3.05) is 11.4 Å². The van der Waals surface area contributed by atoms with Gasteiger partial charge in [-0.25, -0.2) is 4.39 Å². The SMILES string of the molecule is C#CCN1C(=O)C(Cc2ccccc2F)Oc2cc(O)ccc21. The number of phenolic OH excluding ortho intramolecular Hbond substituents is 1. The molecule has 23 heavy (non-hydrogen) atoms. The molecule has 1 aliphatic heterocycles. The molecule has 1 aliphatic rings. The molecule has 0 bridgehead atoms. The van der Waals surface area contributed by atoms with E-state index in [1.54, 1.807) is 24.3 Å². The molecule has 0 spiro atoms. The molecule has 4 nitrogen and oxygen atoms in total. The third kappa shape index (κ3) is 2.84. The minimum atomic E-state index is -0.894. The van der Waals surface area contributed by atoms with E-state index < -0.39 is 11.9 Å². The molecular weight excluding hydrogens is 297 g/mol. The molecule has 0 aromatic heterocycles. The Hall–Kier alpha value is -3.00. The van der Waals surface area contributed by atoms with Gasteiger partial charge in [-0.3, -0.25) is 9.69 Å². The summed E-state index contributed by atoms with van der Waals surface area (Å²) < 4.78 is 19.5. The zero-order valence-electron chi connectivity index (χ0n) is 12.2. The Morgan fingerprint density at radius 2 is 2.09 bits per heavy atom. The summed E-state index contributed by atoms with van der Waals surface area (Å²) in [6.07, 6.45) is 4.53. The van der Waals surface area contributed by atoms with Crippen molar-refractivity contribution in [3.63, 3.8) is 0 Å². The maximum Gasteiger partial charge on any atom is 0.269 e. The summed E-state index contributed by atoms with van der Waals surface area (Å²) in [7, 11) is 0. The highest BCUT2D eigenvalue weighted by Crippen LogP contribution is 2.37. The number of rotatable bonds is 3. The minimum absolute atomic E-state index is 0.0170. The van der Waals surface area contributed by atoms with E-state index in [9.17, 15) is 14.3 Å². The van der Waals surface area contributed by atoms with Crippen LogP contribution in [0.5, 0.6) is 11.5 Å². The average Bonchev–Trinajstić information content (AvgIpc) is 2.53. The number of aromatic hydroxyl groups is 1. The Morgan fingerprint density at radius 3 is 2.83 bits per heavy atom. The smallest absolute Gasteiger partial charge is 0.269 e. The molecule has 0 saturated heterocycles. The van der Waals surface area contributed by atoms with Crippen LogP contribution in [0.15, 0.2) is 42.5 Å². The van der Waals surface area contributed by atoms with Gasteiger partial charge in [-0.15, -0.1) is 6.42 Å². The third-order valence-corrected chi connectivity index (χ3v) is 3.66. The molecule has 2 aromatic rings. The van der Waals surface area contributed by atoms with Gasteiger partial charge in [-0.2, -0.15) is 0 Å². The van der Waals surface area contributed by atoms with Gasteiger partial charge >= 0.3 is 0 Å². The number of nitrogens with zero attached hydrogens (tertiary/aromatic N) is 1. The molecule has 0 radical (unpaired) electrons. The van der Waals surface area contributed by atoms with E-state index in [0.717, 1.165) is 0 Å². The molecule has 116 valence electrons. The highest BCUT2D eigenvalue weighted by molar-refractivity contribution is 6.00. The number of hydrogen-bond acceptors (Lipinski definition) is 3. The first-order valence-electron chi connectivity index (χ1n) is 7.08. The van der Waals surface area contributed by atoms with Gasteiger partial charge in [0.2, 0.25) is 0 Å². The molecule has 1 N–H and O–H groups in total. The van der Waals surface area contributed by atoms with Crippen LogP contribution in [-0.2, 0) is 11.2 Å². The molecule has 0 fully saturated rings. The van der Waals surface area contributed by atoms with Crippen LogP contribution in [0.1, 0.15) is 5.56 Å². The van der Waals surface area contributed by atoms with Crippen molar-refractivity contribution >= 4 is 11.6 Å². The first-order chi connectivity index (χ1) is 11.1. The molecule has 3 rings (SSSR count). The summed E-state index contributed by atoms with van der Waals surface area (Å²) in [6.45, 7) is 0.0771. The molecule has 1 unspecified atom stereocenters. The summed E-state index contributed by atoms with van der Waals surface area (Å²) in [5.41, 5.74) is 0.880. The van der Waals surface area contributed by atoms with Gasteiger partial charge in [0.1, 0.15) is 17.3 Å². The first-order valence-corrected chi connectivity index (χ1v) is 7.08. The minimum Gasteiger partial charge on any atom is -0.508 e. The second-order valence-corrected chi connectivity index (χ2v) is 5.18. The Morgan fingerprint density at radius 1 is 1.30 bits per heavy atom. The van der Waals surface area contributed by atoms with E-state index in [-0.39, 0.29) is 24.6 Å². The summed E-state index contributed by atoms with van der Waals surface area (Å²) in [5, 5.41) is 9.61. The number of terminal acetylenes is 1. The molecule has 1 amide bonds. The Bertz CT molecular complexity index is 797. The monoisotopic (exact) mass is 311 g/mol. The molecule has 0 aliphatic carbocycles. The van der Waals surface area contributed by atoms with E-state index in [1.807, 2.05) is 0 Å². The van der Waals surface area contributed by atoms with Gasteiger partial charge in [0.15, 0.2) is 6.10 Å². The lowest BCUT2D eigenvalue weighted by Gasteiger charge is -2.33. The molecular formula is C18H14FNO3. The van der Waals surface area contributed by atoms with Crippen molar-refractivity contribution in [3.05, 3.63) is 53.8 Å². The van der Waals surface area contributed by atoms with Gasteiger partial charge in [0.05, 0.1) is 12.2 Å². The van der Waals surface area contributed by atoms with Crippen LogP contribution in [0, 0.1) is 18.2 Å². The van der Waals surface area contributed by atoms with Gasteiger partial charge in [-0.1, -0.05) is 24.1 Å². The molecule has 2 aromatic carbocycles. The number of hydrogen-bond donors (Lipinski definition) is 1. The van der Waals surface area contributed by atoms with E-state index in [0.29, 0.717) is 17.0 Å². The van der Waals surface area contributed by atoms with E-state index in [4.69, 9.17) is 11.2 Å². The van der Waals surface area contributed by atoms with Crippen molar-refractivity contribution in [1.82, 2.24) is 0 Å². The van der Waals surface area contributed by atoms with Crippen molar-refractivity contribution < 1.29 is 19.0 Å². The lowest BCUT2D eigenvalue weighted by molar-refractivity contribution is -0.126. The van der Waals surface area contributed by atoms with Crippen LogP contribution in [0.2, 0.25) is 0 Å². The largest absolute Gasteiger partial charge is 0.508 e. The van der Waals surface area contributed by atoms with E-state index in [1.165, 1.54) is 23.1 Å². The second kappa shape index (κ2) is 6.01. The molecule has 1 heterocycles. The quantitative estimate of drug-likeness (QED) is 0.886. The fraction of sp³-hybridized carbons (Fsp3) is 0.167. The molecule has 5 heteroatoms. The lowest BCUT2D eigenvalue weighted by Crippen LogP contribution is -2.47. The number of carbonyl (C=O) groups excluding carboxylic acids is 1. The fourth-order valence-corrected chi connectivity index (χ4v) is 2.56. The maximum atomic E-state index is 13.8. The second-order valence-electron chi connectivity index (χ2n) is 5.18. The van der Waals surface area contributed by atoms with Crippen LogP contribution in [0.4, 0.5) is 10.1 Å². The number of halogens is 1. The summed E-state index contributed by atoms with van der Waals surface area (Å²) >= 11 is 0. The maximum absolute atomic E-state index is 13.8. The number of fused-ring (bicyclic) bond motifs is 1. The van der Waals surface area contributed by atoms with Crippen molar-refractivity contribution in [1.29, 1.82) is 0 Å². The summed E-state index contributed by atoms with van der Waals surface area (Å²) in [4.78, 5) is 14.0. The molecule has 1 atom stereocenters. The zero-order chi connectivity index (χ0) is 16.4. The summed E-state index contributed by atoms with van der Waals surface area (Å²) in [5.74, 6) is 2.07. The highest BCUT2D eigenvalue weighted by atomic mass is 19.1. The molecule has 0 saturated carbocycles. The van der Waals surface area contributed by atoms with Crippen molar-refractivity contribution in [2.24, 2.45) is 0 Å². The number of benzene rings is 2. The number of ether oxygens (including phenoxy) is 1. The van der Waals surface area contributed by atoms with Gasteiger partial charge < -0.3 is 9.84 Å². The van der Waals surface area contributed by atoms with Crippen LogP contribution in [-0.4, -0.2) is 23.7 Å². The van der Waals surface area contributed by atoms with Crippen LogP contribution >= 0.6 is 0 Å². The third-order valence-electron chi connectivity index (χ3n) is 3.66. The number of amides is 1. The van der Waals surface area contributed by atoms with Gasteiger partial charge in [0.25, 0.3) is 5.91 Å². The van der Waals surface area contributed by atoms with Gasteiger partial charge in [-0.05, 0) is 23.8 Å². The summed E-state index contributed by atoms with van der Waals surface area (Å²) in [6, 6.07) is 10.7. The van der Waals surface area contributed by atoms with Crippen LogP contribution in [0.3, 0.4) is 0 Å². The lowest BCUT2D eigenvalue weighted by atomic mass is 10.0. The Balaban J connectivity index is 1.95. The Kier molecular flexibility index (Phi) is 3.90. The standard InChI is InChI=1S/C18H14FNO3/c1-2-9-20-15-8-7-13(21)11-16(15)23-17(18(20)22)10-12-5-3-4-6-14(12)19/h1,3-8,11,17,21H,9-10H2. The number of phenols is 1. The topological polar surface area (TPSA) is 49.8 Å². The van der Waals surface area contributed by atoms with Crippen LogP contribution < -0.4 is 9.64 Å². The predicted molar refractivity (Wildman–Crippen MR) is 83.8 cm³/mol. The van der Waals surface area contributed by atoms with Crippen molar-refractivity contribution in [3.8, 4) is 23.8 Å². The van der Waals surface area contributed by atoms with E-state index in [2.05, 4.69) is 5.92 Å². The number of carbonyl (C=O) groups is 1. The zero-order valence-corrected chi connectivity index (χ0v) is 12.2. The highest BCUT2D eigenvalue weighted by Gasteiger charge is 2.34. The predicted octanol–water partition coefficient (Wildman–Crippen LogP) is 2.50. The van der Waals surface area contributed by atoms with Gasteiger partial charge in [0, 0.05) is 12.5 Å². The average molecular weight is 311 g/mol. The first kappa shape index (κ1) is 14.9. The Labute approximate surface area is 133 Å². The van der Waals surface area contributed by atoms with Crippen molar-refractivity contribution in [2.45, 2.75) is 12.5 Å². The van der Waals surface area contributed by atoms with Crippen LogP contribution in [0.25, 0.3) is 0 Å². The fourth-order valence-electron chi connectivity index (χ4n) is 2.56. The normalized spacial score (nSPS) is 16.4. The van der Waals surface area contributed by atoms with E-state index >= 15 is 0 Å².